The number of hydrogen-bond donors (Lipinski definition) is 1. The number of carbonyl (C=O) groups excluding carboxylic acids is 2. The van der Waals surface area contributed by atoms with E-state index in [-0.39, 0.29) is 24.4 Å². The number of para-hydroxylation sites is 1. The molecule has 7 heteroatoms. The van der Waals surface area contributed by atoms with Crippen molar-refractivity contribution in [1.29, 1.82) is 0 Å². The number of nitrogens with zero attached hydrogens (tertiary/aromatic N) is 4. The molecule has 2 amide bonds. The second-order valence-electron chi connectivity index (χ2n) is 7.02. The Hall–Kier alpha value is -2.83. The third-order valence-electron chi connectivity index (χ3n) is 5.02. The highest BCUT2D eigenvalue weighted by Crippen LogP contribution is 2.19. The van der Waals surface area contributed by atoms with E-state index in [0.717, 1.165) is 25.9 Å². The van der Waals surface area contributed by atoms with Gasteiger partial charge >= 0.3 is 0 Å². The molecule has 1 N–H and O–H groups in total. The van der Waals surface area contributed by atoms with Gasteiger partial charge in [-0.1, -0.05) is 18.2 Å². The minimum Gasteiger partial charge on any atom is -0.371 e. The second-order valence-corrected chi connectivity index (χ2v) is 7.02. The van der Waals surface area contributed by atoms with Crippen molar-refractivity contribution >= 4 is 17.5 Å². The first-order chi connectivity index (χ1) is 13.0. The van der Waals surface area contributed by atoms with Crippen LogP contribution >= 0.6 is 0 Å². The highest BCUT2D eigenvalue weighted by atomic mass is 16.2. The lowest BCUT2D eigenvalue weighted by atomic mass is 10.0. The SMILES string of the molecule is CC(C(=O)N(C)CC(=O)NC1CCN(c2ccccc2)CC1)n1cccn1. The van der Waals surface area contributed by atoms with Crippen molar-refractivity contribution < 1.29 is 9.59 Å². The molecule has 1 atom stereocenters. The van der Waals surface area contributed by atoms with Gasteiger partial charge in [0, 0.05) is 44.3 Å². The largest absolute Gasteiger partial charge is 0.371 e. The number of rotatable bonds is 6. The number of amides is 2. The average molecular weight is 369 g/mol. The molecule has 0 saturated carbocycles. The molecular weight excluding hydrogens is 342 g/mol. The van der Waals surface area contributed by atoms with Crippen molar-refractivity contribution in [3.8, 4) is 0 Å². The monoisotopic (exact) mass is 369 g/mol. The topological polar surface area (TPSA) is 70.5 Å². The third kappa shape index (κ3) is 4.87. The summed E-state index contributed by atoms with van der Waals surface area (Å²) in [6.45, 7) is 3.67. The van der Waals surface area contributed by atoms with Gasteiger partial charge in [-0.25, -0.2) is 0 Å². The molecule has 2 heterocycles. The van der Waals surface area contributed by atoms with Crippen LogP contribution in [0.3, 0.4) is 0 Å². The lowest BCUT2D eigenvalue weighted by Gasteiger charge is -2.34. The minimum atomic E-state index is -0.424. The zero-order chi connectivity index (χ0) is 19.2. The Morgan fingerprint density at radius 2 is 1.93 bits per heavy atom. The number of likely N-dealkylation sites (N-methyl/N-ethyl adjacent to an activating group) is 1. The summed E-state index contributed by atoms with van der Waals surface area (Å²) in [7, 11) is 1.65. The van der Waals surface area contributed by atoms with E-state index in [4.69, 9.17) is 0 Å². The van der Waals surface area contributed by atoms with Gasteiger partial charge in [0.15, 0.2) is 0 Å². The van der Waals surface area contributed by atoms with Crippen LogP contribution in [0, 0.1) is 0 Å². The zero-order valence-corrected chi connectivity index (χ0v) is 15.9. The molecule has 1 aromatic heterocycles. The standard InChI is InChI=1S/C20H27N5O2/c1-16(25-12-6-11-21-25)20(27)23(2)15-19(26)22-17-9-13-24(14-10-17)18-7-4-3-5-8-18/h3-8,11-12,16-17H,9-10,13-15H2,1-2H3,(H,22,26). The number of aromatic nitrogens is 2. The number of anilines is 1. The lowest BCUT2D eigenvalue weighted by Crippen LogP contribution is -2.48. The Labute approximate surface area is 159 Å². The van der Waals surface area contributed by atoms with Crippen molar-refractivity contribution in [3.05, 3.63) is 48.8 Å². The van der Waals surface area contributed by atoms with Crippen LogP contribution in [0.2, 0.25) is 0 Å². The Balaban J connectivity index is 1.44. The highest BCUT2D eigenvalue weighted by Gasteiger charge is 2.24. The van der Waals surface area contributed by atoms with Crippen molar-refractivity contribution in [1.82, 2.24) is 20.0 Å². The molecule has 7 nitrogen and oxygen atoms in total. The van der Waals surface area contributed by atoms with Crippen LogP contribution in [-0.2, 0) is 9.59 Å². The highest BCUT2D eigenvalue weighted by molar-refractivity contribution is 5.86. The molecule has 1 aromatic carbocycles. The maximum absolute atomic E-state index is 12.4. The maximum atomic E-state index is 12.4. The molecule has 1 aliphatic rings. The molecule has 0 bridgehead atoms. The molecule has 1 unspecified atom stereocenters. The van der Waals surface area contributed by atoms with Crippen LogP contribution < -0.4 is 10.2 Å². The summed E-state index contributed by atoms with van der Waals surface area (Å²) in [4.78, 5) is 28.6. The Kier molecular flexibility index (Phi) is 6.11. The van der Waals surface area contributed by atoms with Crippen LogP contribution in [0.15, 0.2) is 48.8 Å². The summed E-state index contributed by atoms with van der Waals surface area (Å²) in [6, 6.07) is 11.8. The molecule has 1 saturated heterocycles. The predicted octanol–water partition coefficient (Wildman–Crippen LogP) is 1.69. The van der Waals surface area contributed by atoms with Gasteiger partial charge in [0.05, 0.1) is 6.54 Å². The van der Waals surface area contributed by atoms with E-state index in [0.29, 0.717) is 0 Å². The molecule has 2 aromatic rings. The summed E-state index contributed by atoms with van der Waals surface area (Å²) >= 11 is 0. The van der Waals surface area contributed by atoms with E-state index in [9.17, 15) is 9.59 Å². The van der Waals surface area contributed by atoms with E-state index in [2.05, 4.69) is 27.4 Å². The smallest absolute Gasteiger partial charge is 0.247 e. The van der Waals surface area contributed by atoms with Crippen molar-refractivity contribution in [2.24, 2.45) is 0 Å². The summed E-state index contributed by atoms with van der Waals surface area (Å²) in [6.07, 6.45) is 5.19. The molecule has 0 radical (unpaired) electrons. The number of piperidine rings is 1. The first kappa shape index (κ1) is 18.9. The lowest BCUT2D eigenvalue weighted by molar-refractivity contribution is -0.137. The van der Waals surface area contributed by atoms with Crippen LogP contribution in [0.4, 0.5) is 5.69 Å². The molecule has 27 heavy (non-hydrogen) atoms. The van der Waals surface area contributed by atoms with E-state index >= 15 is 0 Å². The first-order valence-electron chi connectivity index (χ1n) is 9.38. The number of hydrogen-bond acceptors (Lipinski definition) is 4. The predicted molar refractivity (Wildman–Crippen MR) is 104 cm³/mol. The summed E-state index contributed by atoms with van der Waals surface area (Å²) in [5.74, 6) is -0.246. The van der Waals surface area contributed by atoms with Gasteiger partial charge in [-0.05, 0) is 38.0 Å². The first-order valence-corrected chi connectivity index (χ1v) is 9.38. The normalized spacial score (nSPS) is 16.0. The fourth-order valence-electron chi connectivity index (χ4n) is 3.43. The number of benzene rings is 1. The van der Waals surface area contributed by atoms with Crippen molar-refractivity contribution in [2.75, 3.05) is 31.6 Å². The van der Waals surface area contributed by atoms with Crippen LogP contribution in [0.1, 0.15) is 25.8 Å². The molecule has 1 fully saturated rings. The van der Waals surface area contributed by atoms with Gasteiger partial charge in [0.2, 0.25) is 11.8 Å². The molecule has 0 aliphatic carbocycles. The van der Waals surface area contributed by atoms with E-state index in [1.54, 1.807) is 37.1 Å². The minimum absolute atomic E-state index is 0.0589. The average Bonchev–Trinajstić information content (AvgIpc) is 3.22. The summed E-state index contributed by atoms with van der Waals surface area (Å²) in [5.41, 5.74) is 1.22. The Morgan fingerprint density at radius 1 is 1.22 bits per heavy atom. The van der Waals surface area contributed by atoms with Gasteiger partial charge in [0.25, 0.3) is 0 Å². The second kappa shape index (κ2) is 8.70. The van der Waals surface area contributed by atoms with Crippen LogP contribution in [0.5, 0.6) is 0 Å². The van der Waals surface area contributed by atoms with Crippen LogP contribution in [-0.4, -0.2) is 59.2 Å². The van der Waals surface area contributed by atoms with Gasteiger partial charge < -0.3 is 15.1 Å². The molecular formula is C20H27N5O2. The van der Waals surface area contributed by atoms with Gasteiger partial charge in [0.1, 0.15) is 6.04 Å². The molecule has 144 valence electrons. The van der Waals surface area contributed by atoms with Crippen LogP contribution in [0.25, 0.3) is 0 Å². The third-order valence-corrected chi connectivity index (χ3v) is 5.02. The maximum Gasteiger partial charge on any atom is 0.247 e. The van der Waals surface area contributed by atoms with Crippen molar-refractivity contribution in [2.45, 2.75) is 31.8 Å². The quantitative estimate of drug-likeness (QED) is 0.841. The van der Waals surface area contributed by atoms with Crippen molar-refractivity contribution in [3.63, 3.8) is 0 Å². The van der Waals surface area contributed by atoms with Gasteiger partial charge in [-0.15, -0.1) is 0 Å². The van der Waals surface area contributed by atoms with Gasteiger partial charge in [-0.2, -0.15) is 5.10 Å². The van der Waals surface area contributed by atoms with E-state index in [1.807, 2.05) is 18.2 Å². The molecule has 0 spiro atoms. The molecule has 3 rings (SSSR count). The van der Waals surface area contributed by atoms with E-state index < -0.39 is 6.04 Å². The number of nitrogens with one attached hydrogen (secondary N) is 1. The fraction of sp³-hybridized carbons (Fsp3) is 0.450. The zero-order valence-electron chi connectivity index (χ0n) is 15.9. The summed E-state index contributed by atoms with van der Waals surface area (Å²) < 4.78 is 1.59. The fourth-order valence-corrected chi connectivity index (χ4v) is 3.43. The molecule has 1 aliphatic heterocycles. The Bertz CT molecular complexity index is 739. The Morgan fingerprint density at radius 3 is 2.56 bits per heavy atom. The van der Waals surface area contributed by atoms with E-state index in [1.165, 1.54) is 10.6 Å². The van der Waals surface area contributed by atoms with Gasteiger partial charge in [-0.3, -0.25) is 14.3 Å². The number of carbonyl (C=O) groups is 2. The summed E-state index contributed by atoms with van der Waals surface area (Å²) in [5, 5.41) is 7.16.